The third kappa shape index (κ3) is 2.84. The SMILES string of the molecule is CCC(C)(OC=O)c1ccc(-c2ccccc2)cc1. The van der Waals surface area contributed by atoms with Crippen LogP contribution in [0.2, 0.25) is 0 Å². The van der Waals surface area contributed by atoms with Gasteiger partial charge in [0, 0.05) is 0 Å². The van der Waals surface area contributed by atoms with E-state index >= 15 is 0 Å². The summed E-state index contributed by atoms with van der Waals surface area (Å²) in [5, 5.41) is 0. The molecule has 2 aromatic carbocycles. The average molecular weight is 254 g/mol. The minimum Gasteiger partial charge on any atom is -0.457 e. The molecule has 0 radical (unpaired) electrons. The Balaban J connectivity index is 2.30. The van der Waals surface area contributed by atoms with Gasteiger partial charge in [-0.1, -0.05) is 61.5 Å². The minimum atomic E-state index is -0.545. The van der Waals surface area contributed by atoms with Crippen molar-refractivity contribution >= 4 is 6.47 Å². The Morgan fingerprint density at radius 3 is 2.11 bits per heavy atom. The normalized spacial score (nSPS) is 13.6. The lowest BCUT2D eigenvalue weighted by Crippen LogP contribution is -2.24. The van der Waals surface area contributed by atoms with Crippen LogP contribution in [-0.2, 0) is 15.1 Å². The van der Waals surface area contributed by atoms with Crippen LogP contribution in [0.3, 0.4) is 0 Å². The predicted octanol–water partition coefficient (Wildman–Crippen LogP) is 4.15. The molecule has 0 aliphatic carbocycles. The van der Waals surface area contributed by atoms with E-state index in [2.05, 4.69) is 24.3 Å². The van der Waals surface area contributed by atoms with Gasteiger partial charge in [-0.2, -0.15) is 0 Å². The van der Waals surface area contributed by atoms with Gasteiger partial charge in [0.2, 0.25) is 0 Å². The van der Waals surface area contributed by atoms with Gasteiger partial charge in [0.05, 0.1) is 0 Å². The Bertz CT molecular complexity index is 531. The summed E-state index contributed by atoms with van der Waals surface area (Å²) in [6, 6.07) is 18.4. The van der Waals surface area contributed by atoms with Gasteiger partial charge in [-0.15, -0.1) is 0 Å². The molecule has 2 heteroatoms. The molecule has 0 N–H and O–H groups in total. The van der Waals surface area contributed by atoms with Gasteiger partial charge in [-0.05, 0) is 30.0 Å². The number of carbonyl (C=O) groups is 1. The van der Waals surface area contributed by atoms with E-state index in [0.29, 0.717) is 6.47 Å². The molecule has 0 saturated carbocycles. The summed E-state index contributed by atoms with van der Waals surface area (Å²) in [5.41, 5.74) is 2.82. The van der Waals surface area contributed by atoms with Gasteiger partial charge in [-0.3, -0.25) is 4.79 Å². The number of carbonyl (C=O) groups excluding carboxylic acids is 1. The van der Waals surface area contributed by atoms with Crippen LogP contribution in [0.4, 0.5) is 0 Å². The van der Waals surface area contributed by atoms with Crippen molar-refractivity contribution in [1.82, 2.24) is 0 Å². The van der Waals surface area contributed by atoms with Gasteiger partial charge in [-0.25, -0.2) is 0 Å². The average Bonchev–Trinajstić information content (AvgIpc) is 2.48. The molecule has 1 atom stereocenters. The highest BCUT2D eigenvalue weighted by Gasteiger charge is 2.25. The van der Waals surface area contributed by atoms with Gasteiger partial charge in [0.25, 0.3) is 6.47 Å². The van der Waals surface area contributed by atoms with E-state index in [4.69, 9.17) is 4.74 Å². The van der Waals surface area contributed by atoms with Crippen molar-refractivity contribution in [2.24, 2.45) is 0 Å². The zero-order valence-corrected chi connectivity index (χ0v) is 11.3. The number of hydrogen-bond acceptors (Lipinski definition) is 2. The molecule has 2 aromatic rings. The lowest BCUT2D eigenvalue weighted by atomic mass is 9.91. The third-order valence-corrected chi connectivity index (χ3v) is 3.59. The molecule has 2 rings (SSSR count). The van der Waals surface area contributed by atoms with Crippen LogP contribution in [0.25, 0.3) is 11.1 Å². The fourth-order valence-corrected chi connectivity index (χ4v) is 2.11. The van der Waals surface area contributed by atoms with Crippen molar-refractivity contribution in [3.8, 4) is 11.1 Å². The lowest BCUT2D eigenvalue weighted by molar-refractivity contribution is -0.143. The van der Waals surface area contributed by atoms with Crippen LogP contribution in [-0.4, -0.2) is 6.47 Å². The van der Waals surface area contributed by atoms with E-state index in [-0.39, 0.29) is 0 Å². The first-order chi connectivity index (χ1) is 9.19. The van der Waals surface area contributed by atoms with Gasteiger partial charge >= 0.3 is 0 Å². The summed E-state index contributed by atoms with van der Waals surface area (Å²) in [4.78, 5) is 10.6. The molecular weight excluding hydrogens is 236 g/mol. The second-order valence-corrected chi connectivity index (χ2v) is 4.74. The third-order valence-electron chi connectivity index (χ3n) is 3.59. The van der Waals surface area contributed by atoms with Crippen molar-refractivity contribution < 1.29 is 9.53 Å². The van der Waals surface area contributed by atoms with E-state index in [1.165, 1.54) is 5.56 Å². The topological polar surface area (TPSA) is 26.3 Å². The largest absolute Gasteiger partial charge is 0.457 e. The quantitative estimate of drug-likeness (QED) is 0.749. The highest BCUT2D eigenvalue weighted by molar-refractivity contribution is 5.63. The van der Waals surface area contributed by atoms with Crippen LogP contribution in [0.5, 0.6) is 0 Å². The smallest absolute Gasteiger partial charge is 0.293 e. The first-order valence-corrected chi connectivity index (χ1v) is 6.47. The second kappa shape index (κ2) is 5.70. The highest BCUT2D eigenvalue weighted by Crippen LogP contribution is 2.30. The number of hydrogen-bond donors (Lipinski definition) is 0. The molecule has 0 aromatic heterocycles. The van der Waals surface area contributed by atoms with Gasteiger partial charge in [0.1, 0.15) is 5.60 Å². The first-order valence-electron chi connectivity index (χ1n) is 6.47. The molecule has 0 saturated heterocycles. The Morgan fingerprint density at radius 2 is 1.58 bits per heavy atom. The Kier molecular flexibility index (Phi) is 4.00. The van der Waals surface area contributed by atoms with Crippen molar-refractivity contribution in [3.63, 3.8) is 0 Å². The molecule has 0 aliphatic heterocycles. The Hall–Kier alpha value is -2.09. The summed E-state index contributed by atoms with van der Waals surface area (Å²) in [6.07, 6.45) is 0.746. The van der Waals surface area contributed by atoms with E-state index in [1.807, 2.05) is 44.2 Å². The Morgan fingerprint density at radius 1 is 1.00 bits per heavy atom. The zero-order valence-electron chi connectivity index (χ0n) is 11.3. The maximum atomic E-state index is 10.6. The first kappa shape index (κ1) is 13.3. The number of ether oxygens (including phenoxy) is 1. The summed E-state index contributed by atoms with van der Waals surface area (Å²) < 4.78 is 5.23. The standard InChI is InChI=1S/C17H18O2/c1-3-17(2,19-13-18)16-11-9-15(10-12-16)14-7-5-4-6-8-14/h4-13H,3H2,1-2H3. The van der Waals surface area contributed by atoms with Crippen LogP contribution < -0.4 is 0 Å². The highest BCUT2D eigenvalue weighted by atomic mass is 16.5. The molecule has 0 fully saturated rings. The maximum Gasteiger partial charge on any atom is 0.293 e. The van der Waals surface area contributed by atoms with E-state index in [1.54, 1.807) is 0 Å². The molecule has 2 nitrogen and oxygen atoms in total. The molecule has 0 aliphatic rings. The second-order valence-electron chi connectivity index (χ2n) is 4.74. The van der Waals surface area contributed by atoms with Crippen LogP contribution in [0, 0.1) is 0 Å². The molecule has 1 unspecified atom stereocenters. The summed E-state index contributed by atoms with van der Waals surface area (Å²) in [7, 11) is 0. The van der Waals surface area contributed by atoms with Crippen LogP contribution in [0.1, 0.15) is 25.8 Å². The van der Waals surface area contributed by atoms with E-state index in [9.17, 15) is 4.79 Å². The van der Waals surface area contributed by atoms with Crippen molar-refractivity contribution in [1.29, 1.82) is 0 Å². The van der Waals surface area contributed by atoms with Gasteiger partial charge in [0.15, 0.2) is 0 Å². The van der Waals surface area contributed by atoms with Crippen LogP contribution in [0.15, 0.2) is 54.6 Å². The van der Waals surface area contributed by atoms with E-state index in [0.717, 1.165) is 17.5 Å². The molecule has 19 heavy (non-hydrogen) atoms. The fourth-order valence-electron chi connectivity index (χ4n) is 2.11. The monoisotopic (exact) mass is 254 g/mol. The zero-order chi connectivity index (χ0) is 13.7. The summed E-state index contributed by atoms with van der Waals surface area (Å²) in [5.74, 6) is 0. The molecule has 0 heterocycles. The molecular formula is C17H18O2. The van der Waals surface area contributed by atoms with Gasteiger partial charge < -0.3 is 4.74 Å². The fraction of sp³-hybridized carbons (Fsp3) is 0.235. The maximum absolute atomic E-state index is 10.6. The van der Waals surface area contributed by atoms with E-state index < -0.39 is 5.60 Å². The molecule has 98 valence electrons. The summed E-state index contributed by atoms with van der Waals surface area (Å²) in [6.45, 7) is 4.46. The molecule has 0 amide bonds. The van der Waals surface area contributed by atoms with Crippen LogP contribution >= 0.6 is 0 Å². The minimum absolute atomic E-state index is 0.522. The van der Waals surface area contributed by atoms with Crippen molar-refractivity contribution in [2.45, 2.75) is 25.9 Å². The molecule has 0 bridgehead atoms. The summed E-state index contributed by atoms with van der Waals surface area (Å²) >= 11 is 0. The Labute approximate surface area is 114 Å². The molecule has 0 spiro atoms. The van der Waals surface area contributed by atoms with Crippen molar-refractivity contribution in [3.05, 3.63) is 60.2 Å². The lowest BCUT2D eigenvalue weighted by Gasteiger charge is -2.26. The predicted molar refractivity (Wildman–Crippen MR) is 76.7 cm³/mol. The number of benzene rings is 2. The number of rotatable bonds is 5. The van der Waals surface area contributed by atoms with Crippen molar-refractivity contribution in [2.75, 3.05) is 0 Å².